The van der Waals surface area contributed by atoms with Gasteiger partial charge in [-0.25, -0.2) is 0 Å². The second-order valence-electron chi connectivity index (χ2n) is 2.41. The quantitative estimate of drug-likeness (QED) is 0.488. The van der Waals surface area contributed by atoms with Crippen molar-refractivity contribution in [2.75, 3.05) is 0 Å². The number of rotatable bonds is 0. The van der Waals surface area contributed by atoms with Gasteiger partial charge in [0.05, 0.1) is 0 Å². The summed E-state index contributed by atoms with van der Waals surface area (Å²) in [7, 11) is 0. The van der Waals surface area contributed by atoms with Crippen molar-refractivity contribution in [2.45, 2.75) is 0 Å². The van der Waals surface area contributed by atoms with Gasteiger partial charge >= 0.3 is 73.0 Å². The van der Waals surface area contributed by atoms with Gasteiger partial charge in [0, 0.05) is 0 Å². The first-order valence-corrected chi connectivity index (χ1v) is 4.19. The van der Waals surface area contributed by atoms with Crippen LogP contribution >= 0.6 is 11.3 Å². The van der Waals surface area contributed by atoms with Crippen LogP contribution in [0.5, 0.6) is 0 Å². The molecule has 0 aliphatic heterocycles. The van der Waals surface area contributed by atoms with Crippen LogP contribution in [0.15, 0.2) is 29.6 Å². The summed E-state index contributed by atoms with van der Waals surface area (Å²) in [6.45, 7) is 0. The molecule has 0 saturated carbocycles. The third-order valence-electron chi connectivity index (χ3n) is 1.67. The molecule has 0 aliphatic rings. The molecule has 0 radical (unpaired) electrons. The van der Waals surface area contributed by atoms with E-state index in [0.29, 0.717) is 0 Å². The first-order chi connectivity index (χ1) is 4.88. The molecule has 0 saturated heterocycles. The summed E-state index contributed by atoms with van der Waals surface area (Å²) in [6, 6.07) is 8.49. The van der Waals surface area contributed by atoms with Crippen LogP contribution in [-0.4, -0.2) is 17.7 Å². The summed E-state index contributed by atoms with van der Waals surface area (Å²) < 4.78 is 2.78. The fourth-order valence-corrected chi connectivity index (χ4v) is 2.05. The summed E-state index contributed by atoms with van der Waals surface area (Å²) in [5.41, 5.74) is 0. The molecule has 0 unspecified atom stereocenters. The Hall–Kier alpha value is -0.223. The van der Waals surface area contributed by atoms with E-state index < -0.39 is 0 Å². The number of hydrogen-bond acceptors (Lipinski definition) is 1. The average Bonchev–Trinajstić information content (AvgIpc) is 2.34. The van der Waals surface area contributed by atoms with Gasteiger partial charge in [-0.15, -0.1) is 0 Å². The van der Waals surface area contributed by atoms with Crippen LogP contribution in [0.25, 0.3) is 10.1 Å². The van der Waals surface area contributed by atoms with Crippen molar-refractivity contribution in [2.24, 2.45) is 0 Å². The third kappa shape index (κ3) is 0.913. The molecule has 2 rings (SSSR count). The Kier molecular flexibility index (Phi) is 1.58. The van der Waals surface area contributed by atoms with Crippen LogP contribution in [0.1, 0.15) is 0 Å². The zero-order valence-electron chi connectivity index (χ0n) is 5.79. The van der Waals surface area contributed by atoms with Crippen molar-refractivity contribution >= 4 is 43.4 Å². The molecule has 0 bridgehead atoms. The molecule has 0 atom stereocenters. The molecule has 1 heterocycles. The maximum absolute atomic E-state index is 2.20. The van der Waals surface area contributed by atoms with Crippen molar-refractivity contribution in [3.05, 3.63) is 29.6 Å². The predicted molar refractivity (Wildman–Crippen MR) is 47.2 cm³/mol. The Morgan fingerprint density at radius 1 is 1.20 bits per heavy atom. The second-order valence-corrected chi connectivity index (χ2v) is 3.33. The van der Waals surface area contributed by atoms with Crippen molar-refractivity contribution in [1.29, 1.82) is 0 Å². The molecule has 2 aromatic rings. The summed E-state index contributed by atoms with van der Waals surface area (Å²) in [4.78, 5) is 0. The van der Waals surface area contributed by atoms with Crippen LogP contribution in [0.2, 0.25) is 0 Å². The molecule has 0 spiro atoms. The second kappa shape index (κ2) is 2.43. The summed E-state index contributed by atoms with van der Waals surface area (Å²) >= 11 is 3.97. The van der Waals surface area contributed by atoms with E-state index in [0.717, 1.165) is 0 Å². The molecule has 44 valence electrons. The molecule has 10 heavy (non-hydrogen) atoms. The Labute approximate surface area is 73.1 Å². The monoisotopic (exact) mass is 140 g/mol. The van der Waals surface area contributed by atoms with E-state index >= 15 is 0 Å². The normalized spacial score (nSPS) is 10.6. The van der Waals surface area contributed by atoms with Crippen LogP contribution in [0.4, 0.5) is 0 Å². The molecular weight excluding hydrogens is 135 g/mol. The van der Waals surface area contributed by atoms with E-state index in [4.69, 9.17) is 0 Å². The standard InChI is InChI=1S/C8H5S.Li/c1-2-4-8-7(3-1)5-6-9-8;/h1-4,6H;. The third-order valence-corrected chi connectivity index (χ3v) is 2.76. The fraction of sp³-hybridized carbons (Fsp3) is 0. The van der Waals surface area contributed by atoms with E-state index in [-0.39, 0.29) is 0 Å². The molecule has 2 heteroatoms. The Bertz CT molecular complexity index is 351. The number of benzene rings is 1. The van der Waals surface area contributed by atoms with Crippen LogP contribution < -0.4 is 4.24 Å². The van der Waals surface area contributed by atoms with E-state index in [1.807, 2.05) is 11.3 Å². The van der Waals surface area contributed by atoms with Gasteiger partial charge in [-0.3, -0.25) is 0 Å². The van der Waals surface area contributed by atoms with Gasteiger partial charge in [0.2, 0.25) is 0 Å². The van der Waals surface area contributed by atoms with Gasteiger partial charge < -0.3 is 0 Å². The molecule has 0 nitrogen and oxygen atoms in total. The van der Waals surface area contributed by atoms with Crippen molar-refractivity contribution < 1.29 is 0 Å². The van der Waals surface area contributed by atoms with Crippen LogP contribution in [-0.2, 0) is 0 Å². The van der Waals surface area contributed by atoms with Crippen molar-refractivity contribution in [3.63, 3.8) is 0 Å². The van der Waals surface area contributed by atoms with Crippen molar-refractivity contribution in [1.82, 2.24) is 0 Å². The molecule has 1 aromatic carbocycles. The zero-order valence-corrected chi connectivity index (χ0v) is 6.61. The zero-order chi connectivity index (χ0) is 6.97. The summed E-state index contributed by atoms with van der Waals surface area (Å²) in [5, 5.41) is 3.59. The molecule has 0 N–H and O–H groups in total. The molecule has 0 amide bonds. The fourth-order valence-electron chi connectivity index (χ4n) is 1.11. The van der Waals surface area contributed by atoms with E-state index in [1.165, 1.54) is 14.3 Å². The van der Waals surface area contributed by atoms with Gasteiger partial charge in [0.1, 0.15) is 0 Å². The van der Waals surface area contributed by atoms with Gasteiger partial charge in [-0.05, 0) is 0 Å². The van der Waals surface area contributed by atoms with Crippen LogP contribution in [0.3, 0.4) is 0 Å². The Balaban J connectivity index is 2.93. The van der Waals surface area contributed by atoms with Gasteiger partial charge in [-0.1, -0.05) is 0 Å². The Morgan fingerprint density at radius 2 is 2.00 bits per heavy atom. The molecule has 0 aliphatic carbocycles. The summed E-state index contributed by atoms with van der Waals surface area (Å²) in [6.07, 6.45) is 0. The van der Waals surface area contributed by atoms with Gasteiger partial charge in [-0.2, -0.15) is 0 Å². The van der Waals surface area contributed by atoms with Gasteiger partial charge in [0.15, 0.2) is 0 Å². The Morgan fingerprint density at radius 3 is 2.80 bits per heavy atom. The molecular formula is C8H5LiS. The minimum absolute atomic E-state index is 1.39. The van der Waals surface area contributed by atoms with Crippen molar-refractivity contribution in [3.8, 4) is 0 Å². The van der Waals surface area contributed by atoms with E-state index in [9.17, 15) is 0 Å². The number of thiophene rings is 1. The maximum atomic E-state index is 2.20. The number of hydrogen-bond donors (Lipinski definition) is 0. The first-order valence-electron chi connectivity index (χ1n) is 3.31. The number of fused-ring (bicyclic) bond motifs is 1. The predicted octanol–water partition coefficient (Wildman–Crippen LogP) is 1.70. The first kappa shape index (κ1) is 6.49. The average molecular weight is 140 g/mol. The van der Waals surface area contributed by atoms with E-state index in [2.05, 4.69) is 47.4 Å². The molecule has 0 fully saturated rings. The SMILES string of the molecule is [Li][c]1csc2ccccc12. The van der Waals surface area contributed by atoms with Crippen LogP contribution in [0, 0.1) is 0 Å². The topological polar surface area (TPSA) is 0 Å². The van der Waals surface area contributed by atoms with Gasteiger partial charge in [0.25, 0.3) is 0 Å². The van der Waals surface area contributed by atoms with E-state index in [1.54, 1.807) is 0 Å². The minimum atomic E-state index is 1.39. The molecule has 1 aromatic heterocycles. The summed E-state index contributed by atoms with van der Waals surface area (Å²) in [5.74, 6) is 0.